The van der Waals surface area contributed by atoms with Crippen molar-refractivity contribution in [3.05, 3.63) is 70.7 Å². The van der Waals surface area contributed by atoms with E-state index in [0.717, 1.165) is 11.0 Å². The Morgan fingerprint density at radius 1 is 1.25 bits per heavy atom. The van der Waals surface area contributed by atoms with Gasteiger partial charge in [-0.2, -0.15) is 0 Å². The van der Waals surface area contributed by atoms with Crippen molar-refractivity contribution in [3.8, 4) is 5.75 Å². The Balaban J connectivity index is 1.53. The Kier molecular flexibility index (Phi) is 5.03. The summed E-state index contributed by atoms with van der Waals surface area (Å²) < 4.78 is 5.31. The molecule has 5 nitrogen and oxygen atoms in total. The third-order valence-electron chi connectivity index (χ3n) is 3.18. The van der Waals surface area contributed by atoms with Gasteiger partial charge < -0.3 is 15.0 Å². The van der Waals surface area contributed by atoms with Crippen LogP contribution in [0.25, 0.3) is 11.0 Å². The highest BCUT2D eigenvalue weighted by molar-refractivity contribution is 6.35. The minimum atomic E-state index is -0.305. The van der Waals surface area contributed by atoms with E-state index in [0.29, 0.717) is 28.2 Å². The smallest absolute Gasteiger partial charge is 0.247 e. The molecule has 0 spiro atoms. The van der Waals surface area contributed by atoms with Crippen LogP contribution in [0.15, 0.2) is 54.8 Å². The summed E-state index contributed by atoms with van der Waals surface area (Å²) in [6, 6.07) is 12.5. The molecule has 1 heterocycles. The van der Waals surface area contributed by atoms with Crippen LogP contribution in [0.4, 0.5) is 0 Å². The summed E-state index contributed by atoms with van der Waals surface area (Å²) in [6.07, 6.45) is 2.54. The Morgan fingerprint density at radius 3 is 2.88 bits per heavy atom. The average molecular weight is 362 g/mol. The lowest BCUT2D eigenvalue weighted by Crippen LogP contribution is -2.21. The van der Waals surface area contributed by atoms with E-state index in [4.69, 9.17) is 27.9 Å². The largest absolute Gasteiger partial charge is 0.463 e. The first-order valence-electron chi connectivity index (χ1n) is 7.11. The maximum absolute atomic E-state index is 11.8. The van der Waals surface area contributed by atoms with E-state index in [1.165, 1.54) is 12.3 Å². The molecule has 0 aliphatic carbocycles. The zero-order chi connectivity index (χ0) is 16.9. The van der Waals surface area contributed by atoms with E-state index in [-0.39, 0.29) is 5.91 Å². The van der Waals surface area contributed by atoms with Crippen LogP contribution in [0.3, 0.4) is 0 Å². The molecular formula is C17H13Cl2N3O2. The Labute approximate surface area is 148 Å². The molecule has 122 valence electrons. The molecule has 0 saturated heterocycles. The van der Waals surface area contributed by atoms with Gasteiger partial charge in [0.1, 0.15) is 11.6 Å². The van der Waals surface area contributed by atoms with Crippen LogP contribution in [0, 0.1) is 0 Å². The van der Waals surface area contributed by atoms with Gasteiger partial charge in [-0.3, -0.25) is 4.79 Å². The fourth-order valence-corrected chi connectivity index (χ4v) is 2.51. The van der Waals surface area contributed by atoms with Crippen molar-refractivity contribution >= 4 is 40.1 Å². The van der Waals surface area contributed by atoms with Crippen molar-refractivity contribution in [2.24, 2.45) is 0 Å². The zero-order valence-corrected chi connectivity index (χ0v) is 13.9. The minimum Gasteiger partial charge on any atom is -0.463 e. The number of ether oxygens (including phenoxy) is 1. The third-order valence-corrected chi connectivity index (χ3v) is 3.71. The lowest BCUT2D eigenvalue weighted by molar-refractivity contribution is -0.116. The fourth-order valence-electron chi connectivity index (χ4n) is 2.06. The number of nitrogens with zero attached hydrogens (tertiary/aromatic N) is 1. The van der Waals surface area contributed by atoms with Gasteiger partial charge in [0, 0.05) is 11.1 Å². The number of fused-ring (bicyclic) bond motifs is 1. The number of hydrogen-bond donors (Lipinski definition) is 2. The van der Waals surface area contributed by atoms with Crippen molar-refractivity contribution in [3.63, 3.8) is 0 Å². The highest BCUT2D eigenvalue weighted by Gasteiger charge is 2.04. The molecule has 24 heavy (non-hydrogen) atoms. The summed E-state index contributed by atoms with van der Waals surface area (Å²) in [6.45, 7) is 0.291. The normalized spacial score (nSPS) is 11.1. The lowest BCUT2D eigenvalue weighted by atomic mass is 10.3. The maximum atomic E-state index is 11.8. The molecule has 0 saturated carbocycles. The highest BCUT2D eigenvalue weighted by Crippen LogP contribution is 2.27. The van der Waals surface area contributed by atoms with Crippen molar-refractivity contribution in [1.29, 1.82) is 0 Å². The number of para-hydroxylation sites is 2. The second kappa shape index (κ2) is 7.38. The van der Waals surface area contributed by atoms with Crippen LogP contribution >= 0.6 is 23.2 Å². The van der Waals surface area contributed by atoms with E-state index in [1.807, 2.05) is 24.3 Å². The summed E-state index contributed by atoms with van der Waals surface area (Å²) in [4.78, 5) is 19.3. The minimum absolute atomic E-state index is 0.291. The van der Waals surface area contributed by atoms with Crippen molar-refractivity contribution in [2.45, 2.75) is 6.54 Å². The van der Waals surface area contributed by atoms with Gasteiger partial charge in [0.15, 0.2) is 0 Å². The summed E-state index contributed by atoms with van der Waals surface area (Å²) >= 11 is 11.8. The number of aromatic amines is 1. The third kappa shape index (κ3) is 4.07. The highest BCUT2D eigenvalue weighted by atomic mass is 35.5. The Bertz CT molecular complexity index is 873. The van der Waals surface area contributed by atoms with Crippen LogP contribution in [0.1, 0.15) is 5.82 Å². The number of halogens is 2. The summed E-state index contributed by atoms with van der Waals surface area (Å²) in [5.74, 6) is 0.794. The van der Waals surface area contributed by atoms with Gasteiger partial charge in [-0.1, -0.05) is 35.3 Å². The van der Waals surface area contributed by atoms with Crippen LogP contribution < -0.4 is 10.1 Å². The predicted molar refractivity (Wildman–Crippen MR) is 94.2 cm³/mol. The maximum Gasteiger partial charge on any atom is 0.247 e. The number of carbonyl (C=O) groups is 1. The van der Waals surface area contributed by atoms with Gasteiger partial charge in [0.05, 0.1) is 28.9 Å². The lowest BCUT2D eigenvalue weighted by Gasteiger charge is -2.03. The average Bonchev–Trinajstić information content (AvgIpc) is 2.98. The van der Waals surface area contributed by atoms with Gasteiger partial charge in [0.2, 0.25) is 5.91 Å². The Hall–Kier alpha value is -2.50. The predicted octanol–water partition coefficient (Wildman–Crippen LogP) is 4.08. The van der Waals surface area contributed by atoms with Crippen LogP contribution in [0.5, 0.6) is 5.75 Å². The van der Waals surface area contributed by atoms with Gasteiger partial charge >= 0.3 is 0 Å². The molecule has 0 atom stereocenters. The molecule has 3 aromatic rings. The van der Waals surface area contributed by atoms with E-state index >= 15 is 0 Å². The van der Waals surface area contributed by atoms with Crippen molar-refractivity contribution in [1.82, 2.24) is 15.3 Å². The Morgan fingerprint density at radius 2 is 2.08 bits per heavy atom. The first-order chi connectivity index (χ1) is 11.6. The molecule has 0 aliphatic heterocycles. The second-order valence-corrected chi connectivity index (χ2v) is 5.76. The molecule has 0 radical (unpaired) electrons. The van der Waals surface area contributed by atoms with Crippen molar-refractivity contribution in [2.75, 3.05) is 0 Å². The molecule has 2 N–H and O–H groups in total. The molecule has 0 fully saturated rings. The molecule has 0 bridgehead atoms. The number of amides is 1. The zero-order valence-electron chi connectivity index (χ0n) is 12.4. The molecule has 1 amide bonds. The second-order valence-electron chi connectivity index (χ2n) is 4.91. The molecule has 1 aromatic heterocycles. The number of aromatic nitrogens is 2. The number of benzene rings is 2. The molecule has 0 aliphatic rings. The molecular weight excluding hydrogens is 349 g/mol. The molecule has 3 rings (SSSR count). The number of nitrogens with one attached hydrogen (secondary N) is 2. The fraction of sp³-hybridized carbons (Fsp3) is 0.0588. The molecule has 7 heteroatoms. The monoisotopic (exact) mass is 361 g/mol. The SMILES string of the molecule is O=C(/C=C\Oc1ccc(Cl)cc1Cl)NCc1nc2ccccc2[nH]1. The number of H-pyrrole nitrogens is 1. The van der Waals surface area contributed by atoms with Crippen LogP contribution in [-0.2, 0) is 11.3 Å². The quantitative estimate of drug-likeness (QED) is 0.531. The molecule has 0 unspecified atom stereocenters. The summed E-state index contributed by atoms with van der Waals surface area (Å²) in [5.41, 5.74) is 1.79. The van der Waals surface area contributed by atoms with E-state index in [2.05, 4.69) is 15.3 Å². The number of rotatable bonds is 5. The first kappa shape index (κ1) is 16.4. The van der Waals surface area contributed by atoms with Gasteiger partial charge in [-0.15, -0.1) is 0 Å². The number of carbonyl (C=O) groups excluding carboxylic acids is 1. The topological polar surface area (TPSA) is 67.0 Å². The van der Waals surface area contributed by atoms with Crippen LogP contribution in [-0.4, -0.2) is 15.9 Å². The van der Waals surface area contributed by atoms with Crippen LogP contribution in [0.2, 0.25) is 10.0 Å². The first-order valence-corrected chi connectivity index (χ1v) is 7.87. The van der Waals surface area contributed by atoms with E-state index in [1.54, 1.807) is 18.2 Å². The van der Waals surface area contributed by atoms with Crippen molar-refractivity contribution < 1.29 is 9.53 Å². The van der Waals surface area contributed by atoms with E-state index < -0.39 is 0 Å². The summed E-state index contributed by atoms with van der Waals surface area (Å²) in [7, 11) is 0. The number of imidazole rings is 1. The van der Waals surface area contributed by atoms with Gasteiger partial charge in [0.25, 0.3) is 0 Å². The summed E-state index contributed by atoms with van der Waals surface area (Å²) in [5, 5.41) is 3.60. The number of hydrogen-bond acceptors (Lipinski definition) is 3. The van der Waals surface area contributed by atoms with E-state index in [9.17, 15) is 4.79 Å². The van der Waals surface area contributed by atoms with Gasteiger partial charge in [-0.05, 0) is 30.3 Å². The molecule has 2 aromatic carbocycles. The van der Waals surface area contributed by atoms with Gasteiger partial charge in [-0.25, -0.2) is 4.98 Å². The standard InChI is InChI=1S/C17H13Cl2N3O2/c18-11-5-6-15(12(19)9-11)24-8-7-17(23)20-10-16-21-13-3-1-2-4-14(13)22-16/h1-9H,10H2,(H,20,23)(H,21,22)/b8-7-.